The Hall–Kier alpha value is -2.02. The van der Waals surface area contributed by atoms with Crippen molar-refractivity contribution in [3.05, 3.63) is 35.9 Å². The number of thioether (sulfide) groups is 1. The number of methoxy groups -OCH3 is 1. The fourth-order valence-corrected chi connectivity index (χ4v) is 1.96. The molecule has 2 N–H and O–H groups in total. The molecule has 0 fully saturated rings. The Kier molecular flexibility index (Phi) is 7.20. The summed E-state index contributed by atoms with van der Waals surface area (Å²) in [6.07, 6.45) is 0.255. The summed E-state index contributed by atoms with van der Waals surface area (Å²) in [6, 6.07) is 8.56. The Morgan fingerprint density at radius 2 is 1.85 bits per heavy atom. The van der Waals surface area contributed by atoms with Gasteiger partial charge >= 0.3 is 5.97 Å². The molecular weight excluding hydrogens is 280 g/mol. The molecule has 108 valence electrons. The molecule has 1 rings (SSSR count). The van der Waals surface area contributed by atoms with Gasteiger partial charge in [-0.15, -0.1) is 0 Å². The highest BCUT2D eigenvalue weighted by atomic mass is 32.2. The predicted molar refractivity (Wildman–Crippen MR) is 76.0 cm³/mol. The number of esters is 1. The van der Waals surface area contributed by atoms with E-state index < -0.39 is 0 Å². The quantitative estimate of drug-likeness (QED) is 0.459. The Labute approximate surface area is 121 Å². The zero-order chi connectivity index (χ0) is 14.8. The van der Waals surface area contributed by atoms with Gasteiger partial charge in [-0.2, -0.15) is 11.8 Å². The highest BCUT2D eigenvalue weighted by Gasteiger charge is 2.07. The summed E-state index contributed by atoms with van der Waals surface area (Å²) in [5.74, 6) is -0.364. The Morgan fingerprint density at radius 3 is 2.50 bits per heavy atom. The molecular formula is C13H16N2O4S. The Morgan fingerprint density at radius 1 is 1.15 bits per heavy atom. The summed E-state index contributed by atoms with van der Waals surface area (Å²) in [6.45, 7) is 0. The van der Waals surface area contributed by atoms with E-state index in [4.69, 9.17) is 0 Å². The first-order valence-electron chi connectivity index (χ1n) is 5.92. The number of carbonyl (C=O) groups is 3. The molecule has 0 heterocycles. The van der Waals surface area contributed by atoms with Gasteiger partial charge in [0.25, 0.3) is 5.91 Å². The van der Waals surface area contributed by atoms with Crippen LogP contribution >= 0.6 is 11.8 Å². The molecule has 1 aromatic rings. The average Bonchev–Trinajstić information content (AvgIpc) is 2.49. The van der Waals surface area contributed by atoms with Crippen LogP contribution in [-0.2, 0) is 14.3 Å². The Bertz CT molecular complexity index is 465. The van der Waals surface area contributed by atoms with Gasteiger partial charge in [-0.3, -0.25) is 25.2 Å². The summed E-state index contributed by atoms with van der Waals surface area (Å²) in [5, 5.41) is 0. The molecule has 0 aliphatic heterocycles. The van der Waals surface area contributed by atoms with E-state index in [2.05, 4.69) is 15.6 Å². The van der Waals surface area contributed by atoms with Crippen LogP contribution in [0.25, 0.3) is 0 Å². The van der Waals surface area contributed by atoms with Crippen molar-refractivity contribution in [1.29, 1.82) is 0 Å². The van der Waals surface area contributed by atoms with E-state index in [9.17, 15) is 14.4 Å². The van der Waals surface area contributed by atoms with E-state index in [1.54, 1.807) is 30.3 Å². The van der Waals surface area contributed by atoms with E-state index in [0.717, 1.165) is 0 Å². The van der Waals surface area contributed by atoms with Gasteiger partial charge in [0.1, 0.15) is 0 Å². The number of hydrazine groups is 1. The van der Waals surface area contributed by atoms with E-state index in [1.807, 2.05) is 0 Å². The number of carbonyl (C=O) groups excluding carboxylic acids is 3. The number of hydrogen-bond donors (Lipinski definition) is 2. The van der Waals surface area contributed by atoms with Crippen molar-refractivity contribution in [3.63, 3.8) is 0 Å². The number of rotatable bonds is 6. The highest BCUT2D eigenvalue weighted by Crippen LogP contribution is 2.02. The van der Waals surface area contributed by atoms with Crippen molar-refractivity contribution in [2.24, 2.45) is 0 Å². The summed E-state index contributed by atoms with van der Waals surface area (Å²) in [5.41, 5.74) is 5.09. The van der Waals surface area contributed by atoms with Gasteiger partial charge in [-0.05, 0) is 12.1 Å². The van der Waals surface area contributed by atoms with Gasteiger partial charge in [-0.1, -0.05) is 18.2 Å². The van der Waals surface area contributed by atoms with Crippen LogP contribution in [0.15, 0.2) is 30.3 Å². The van der Waals surface area contributed by atoms with Gasteiger partial charge in [0.15, 0.2) is 0 Å². The van der Waals surface area contributed by atoms with Gasteiger partial charge in [0.05, 0.1) is 19.3 Å². The zero-order valence-electron chi connectivity index (χ0n) is 11.0. The number of nitrogens with one attached hydrogen (secondary N) is 2. The lowest BCUT2D eigenvalue weighted by molar-refractivity contribution is -0.140. The van der Waals surface area contributed by atoms with Crippen molar-refractivity contribution < 1.29 is 19.1 Å². The van der Waals surface area contributed by atoms with Crippen molar-refractivity contribution in [1.82, 2.24) is 10.9 Å². The second-order valence-corrected chi connectivity index (χ2v) is 4.85. The van der Waals surface area contributed by atoms with Crippen LogP contribution in [0.4, 0.5) is 0 Å². The maximum absolute atomic E-state index is 11.6. The largest absolute Gasteiger partial charge is 0.469 e. The number of amides is 2. The maximum Gasteiger partial charge on any atom is 0.306 e. The third kappa shape index (κ3) is 6.24. The van der Waals surface area contributed by atoms with E-state index >= 15 is 0 Å². The van der Waals surface area contributed by atoms with Gasteiger partial charge in [-0.25, -0.2) is 0 Å². The molecule has 20 heavy (non-hydrogen) atoms. The van der Waals surface area contributed by atoms with Crippen LogP contribution in [0.5, 0.6) is 0 Å². The molecule has 0 unspecified atom stereocenters. The number of hydrogen-bond acceptors (Lipinski definition) is 5. The minimum atomic E-state index is -0.376. The highest BCUT2D eigenvalue weighted by molar-refractivity contribution is 7.99. The van der Waals surface area contributed by atoms with Crippen LogP contribution in [0.2, 0.25) is 0 Å². The fourth-order valence-electron chi connectivity index (χ4n) is 1.25. The van der Waals surface area contributed by atoms with Crippen molar-refractivity contribution in [2.45, 2.75) is 6.42 Å². The minimum absolute atomic E-state index is 0.159. The van der Waals surface area contributed by atoms with E-state index in [0.29, 0.717) is 11.3 Å². The summed E-state index contributed by atoms with van der Waals surface area (Å²) in [4.78, 5) is 33.9. The van der Waals surface area contributed by atoms with Crippen molar-refractivity contribution in [3.8, 4) is 0 Å². The molecule has 0 aliphatic carbocycles. The number of ether oxygens (including phenoxy) is 1. The molecule has 2 amide bonds. The van der Waals surface area contributed by atoms with Crippen LogP contribution in [0.3, 0.4) is 0 Å². The monoisotopic (exact) mass is 296 g/mol. The Balaban J connectivity index is 2.17. The van der Waals surface area contributed by atoms with Crippen molar-refractivity contribution in [2.75, 3.05) is 18.6 Å². The standard InChI is InChI=1S/C13H16N2O4S/c1-19-12(17)7-8-20-9-11(16)14-15-13(18)10-5-3-2-4-6-10/h2-6H,7-9H2,1H3,(H,14,16)(H,15,18). The van der Waals surface area contributed by atoms with E-state index in [1.165, 1.54) is 18.9 Å². The summed E-state index contributed by atoms with van der Waals surface area (Å²) in [7, 11) is 1.32. The van der Waals surface area contributed by atoms with Crippen LogP contribution in [0, 0.1) is 0 Å². The molecule has 0 atom stereocenters. The fraction of sp³-hybridized carbons (Fsp3) is 0.308. The molecule has 0 aromatic heterocycles. The lowest BCUT2D eigenvalue weighted by Gasteiger charge is -2.07. The van der Waals surface area contributed by atoms with Crippen LogP contribution in [-0.4, -0.2) is 36.4 Å². The first-order chi connectivity index (χ1) is 9.63. The van der Waals surface area contributed by atoms with Crippen LogP contribution < -0.4 is 10.9 Å². The molecule has 6 nitrogen and oxygen atoms in total. The predicted octanol–water partition coefficient (Wildman–Crippen LogP) is 0.744. The van der Waals surface area contributed by atoms with E-state index in [-0.39, 0.29) is 30.0 Å². The normalized spacial score (nSPS) is 9.65. The van der Waals surface area contributed by atoms with Gasteiger partial charge in [0.2, 0.25) is 5.91 Å². The molecule has 0 radical (unpaired) electrons. The second kappa shape index (κ2) is 8.98. The van der Waals surface area contributed by atoms with Crippen molar-refractivity contribution >= 4 is 29.5 Å². The lowest BCUT2D eigenvalue weighted by atomic mass is 10.2. The topological polar surface area (TPSA) is 84.5 Å². The zero-order valence-corrected chi connectivity index (χ0v) is 11.9. The maximum atomic E-state index is 11.6. The minimum Gasteiger partial charge on any atom is -0.469 e. The second-order valence-electron chi connectivity index (χ2n) is 3.75. The molecule has 0 saturated heterocycles. The SMILES string of the molecule is COC(=O)CCSCC(=O)NNC(=O)c1ccccc1. The summed E-state index contributed by atoms with van der Waals surface area (Å²) >= 11 is 1.29. The molecule has 1 aromatic carbocycles. The first kappa shape index (κ1) is 16.0. The molecule has 0 saturated carbocycles. The van der Waals surface area contributed by atoms with Crippen LogP contribution in [0.1, 0.15) is 16.8 Å². The molecule has 0 bridgehead atoms. The molecule has 0 aliphatic rings. The lowest BCUT2D eigenvalue weighted by Crippen LogP contribution is -2.42. The third-order valence-corrected chi connectivity index (χ3v) is 3.22. The summed E-state index contributed by atoms with van der Waals surface area (Å²) < 4.78 is 4.48. The first-order valence-corrected chi connectivity index (χ1v) is 7.07. The van der Waals surface area contributed by atoms with Gasteiger partial charge in [0, 0.05) is 11.3 Å². The third-order valence-electron chi connectivity index (χ3n) is 2.26. The average molecular weight is 296 g/mol. The smallest absolute Gasteiger partial charge is 0.306 e. The molecule has 7 heteroatoms. The molecule has 0 spiro atoms. The number of benzene rings is 1. The van der Waals surface area contributed by atoms with Gasteiger partial charge < -0.3 is 4.74 Å².